The topological polar surface area (TPSA) is 58.0 Å². The highest BCUT2D eigenvalue weighted by atomic mass is 35.5. The van der Waals surface area contributed by atoms with Crippen LogP contribution in [0.3, 0.4) is 0 Å². The summed E-state index contributed by atoms with van der Waals surface area (Å²) in [6.45, 7) is 7.15. The van der Waals surface area contributed by atoms with Gasteiger partial charge in [-0.3, -0.25) is 0 Å². The van der Waals surface area contributed by atoms with Gasteiger partial charge in [-0.1, -0.05) is 25.4 Å². The van der Waals surface area contributed by atoms with Crippen LogP contribution in [0.15, 0.2) is 24.3 Å². The third-order valence-electron chi connectivity index (χ3n) is 2.96. The van der Waals surface area contributed by atoms with Gasteiger partial charge in [0.25, 0.3) is 0 Å². The summed E-state index contributed by atoms with van der Waals surface area (Å²) in [5.41, 5.74) is 1.79. The summed E-state index contributed by atoms with van der Waals surface area (Å²) in [5, 5.41) is 13.0. The molecule has 0 aliphatic heterocycles. The Balaban J connectivity index is 2.45. The van der Waals surface area contributed by atoms with E-state index in [4.69, 9.17) is 11.6 Å². The lowest BCUT2D eigenvalue weighted by atomic mass is 10.1. The number of hydrogen-bond donors (Lipinski definition) is 2. The number of phenols is 1. The van der Waals surface area contributed by atoms with Gasteiger partial charge in [0.2, 0.25) is 0 Å². The zero-order valence-electron chi connectivity index (χ0n) is 12.5. The number of halogens is 1. The van der Waals surface area contributed by atoms with Crippen LogP contribution in [0.25, 0.3) is 11.4 Å². The summed E-state index contributed by atoms with van der Waals surface area (Å²) in [5.74, 6) is 2.00. The average Bonchev–Trinajstić information content (AvgIpc) is 2.41. The smallest absolute Gasteiger partial charge is 0.161 e. The lowest BCUT2D eigenvalue weighted by Gasteiger charge is -2.11. The molecule has 4 nitrogen and oxygen atoms in total. The second-order valence-electron chi connectivity index (χ2n) is 5.36. The van der Waals surface area contributed by atoms with Crippen LogP contribution in [0, 0.1) is 5.92 Å². The molecule has 1 aromatic heterocycles. The van der Waals surface area contributed by atoms with Crippen molar-refractivity contribution in [3.05, 3.63) is 35.0 Å². The molecule has 0 saturated carbocycles. The number of aromatic nitrogens is 2. The van der Waals surface area contributed by atoms with E-state index < -0.39 is 0 Å². The third kappa shape index (κ3) is 4.08. The summed E-state index contributed by atoms with van der Waals surface area (Å²) in [6.07, 6.45) is 0.889. The molecule has 21 heavy (non-hydrogen) atoms. The van der Waals surface area contributed by atoms with Gasteiger partial charge in [-0.05, 0) is 37.5 Å². The van der Waals surface area contributed by atoms with Crippen LogP contribution in [0.1, 0.15) is 26.5 Å². The Bertz CT molecular complexity index is 629. The molecule has 1 aromatic carbocycles. The van der Waals surface area contributed by atoms with Gasteiger partial charge in [0.15, 0.2) is 5.82 Å². The standard InChI is InChI=1S/C16H20ClN3O/c1-4-18-15-9-12(7-10(2)3)19-16(20-15)11-5-6-14(21)13(17)8-11/h5-6,8-10,21H,4,7H2,1-3H3,(H,18,19,20). The van der Waals surface area contributed by atoms with E-state index in [1.165, 1.54) is 0 Å². The number of nitrogens with one attached hydrogen (secondary N) is 1. The summed E-state index contributed by atoms with van der Waals surface area (Å²) >= 11 is 5.97. The maximum Gasteiger partial charge on any atom is 0.161 e. The van der Waals surface area contributed by atoms with Crippen LogP contribution < -0.4 is 5.32 Å². The normalized spacial score (nSPS) is 10.9. The van der Waals surface area contributed by atoms with Gasteiger partial charge in [0, 0.05) is 23.9 Å². The Hall–Kier alpha value is -1.81. The zero-order valence-corrected chi connectivity index (χ0v) is 13.3. The molecular weight excluding hydrogens is 286 g/mol. The van der Waals surface area contributed by atoms with E-state index in [9.17, 15) is 5.11 Å². The van der Waals surface area contributed by atoms with E-state index in [2.05, 4.69) is 29.1 Å². The molecule has 0 radical (unpaired) electrons. The van der Waals surface area contributed by atoms with Gasteiger partial charge >= 0.3 is 0 Å². The van der Waals surface area contributed by atoms with E-state index in [0.717, 1.165) is 30.0 Å². The predicted molar refractivity (Wildman–Crippen MR) is 86.8 cm³/mol. The summed E-state index contributed by atoms with van der Waals surface area (Å²) in [4.78, 5) is 9.11. The van der Waals surface area contributed by atoms with E-state index in [1.54, 1.807) is 18.2 Å². The number of nitrogens with zero attached hydrogens (tertiary/aromatic N) is 2. The summed E-state index contributed by atoms with van der Waals surface area (Å²) < 4.78 is 0. The van der Waals surface area contributed by atoms with E-state index in [-0.39, 0.29) is 5.75 Å². The number of aromatic hydroxyl groups is 1. The van der Waals surface area contributed by atoms with Crippen molar-refractivity contribution in [2.24, 2.45) is 5.92 Å². The molecular formula is C16H20ClN3O. The molecule has 0 bridgehead atoms. The second-order valence-corrected chi connectivity index (χ2v) is 5.77. The number of rotatable bonds is 5. The number of anilines is 1. The molecule has 5 heteroatoms. The SMILES string of the molecule is CCNc1cc(CC(C)C)nc(-c2ccc(O)c(Cl)c2)n1. The van der Waals surface area contributed by atoms with Crippen molar-refractivity contribution < 1.29 is 5.11 Å². The summed E-state index contributed by atoms with van der Waals surface area (Å²) in [7, 11) is 0. The van der Waals surface area contributed by atoms with Crippen LogP contribution in [0.5, 0.6) is 5.75 Å². The quantitative estimate of drug-likeness (QED) is 0.872. The van der Waals surface area contributed by atoms with Crippen molar-refractivity contribution in [1.29, 1.82) is 0 Å². The summed E-state index contributed by atoms with van der Waals surface area (Å²) in [6, 6.07) is 6.99. The average molecular weight is 306 g/mol. The Morgan fingerprint density at radius 2 is 2.00 bits per heavy atom. The van der Waals surface area contributed by atoms with E-state index >= 15 is 0 Å². The first kappa shape index (κ1) is 15.6. The molecule has 2 aromatic rings. The van der Waals surface area contributed by atoms with Gasteiger partial charge < -0.3 is 10.4 Å². The lowest BCUT2D eigenvalue weighted by molar-refractivity contribution is 0.475. The third-order valence-corrected chi connectivity index (χ3v) is 3.26. The molecule has 0 aliphatic rings. The molecule has 112 valence electrons. The van der Waals surface area contributed by atoms with Crippen molar-refractivity contribution in [1.82, 2.24) is 9.97 Å². The fourth-order valence-corrected chi connectivity index (χ4v) is 2.25. The van der Waals surface area contributed by atoms with Crippen LogP contribution in [-0.4, -0.2) is 21.6 Å². The molecule has 0 amide bonds. The molecule has 0 saturated heterocycles. The molecule has 2 N–H and O–H groups in total. The van der Waals surface area contributed by atoms with Gasteiger partial charge in [-0.2, -0.15) is 0 Å². The highest BCUT2D eigenvalue weighted by molar-refractivity contribution is 6.32. The van der Waals surface area contributed by atoms with Crippen molar-refractivity contribution in [3.8, 4) is 17.1 Å². The predicted octanol–water partition coefficient (Wildman–Crippen LogP) is 4.13. The van der Waals surface area contributed by atoms with Gasteiger partial charge in [0.1, 0.15) is 11.6 Å². The highest BCUT2D eigenvalue weighted by Crippen LogP contribution is 2.28. The van der Waals surface area contributed by atoms with Crippen LogP contribution in [-0.2, 0) is 6.42 Å². The van der Waals surface area contributed by atoms with Crippen molar-refractivity contribution in [2.75, 3.05) is 11.9 Å². The number of hydrogen-bond acceptors (Lipinski definition) is 4. The van der Waals surface area contributed by atoms with Crippen LogP contribution >= 0.6 is 11.6 Å². The second kappa shape index (κ2) is 6.76. The molecule has 1 heterocycles. The van der Waals surface area contributed by atoms with Gasteiger partial charge in [0.05, 0.1) is 5.02 Å². The Morgan fingerprint density at radius 1 is 1.24 bits per heavy atom. The Labute approximate surface area is 130 Å². The largest absolute Gasteiger partial charge is 0.506 e. The zero-order chi connectivity index (χ0) is 15.4. The van der Waals surface area contributed by atoms with Crippen LogP contribution in [0.4, 0.5) is 5.82 Å². The highest BCUT2D eigenvalue weighted by Gasteiger charge is 2.10. The van der Waals surface area contributed by atoms with E-state index in [1.807, 2.05) is 13.0 Å². The van der Waals surface area contributed by atoms with Gasteiger partial charge in [-0.25, -0.2) is 9.97 Å². The van der Waals surface area contributed by atoms with E-state index in [0.29, 0.717) is 16.8 Å². The minimum absolute atomic E-state index is 0.0608. The van der Waals surface area contributed by atoms with Crippen LogP contribution in [0.2, 0.25) is 5.02 Å². The first-order valence-electron chi connectivity index (χ1n) is 7.10. The Morgan fingerprint density at radius 3 is 2.62 bits per heavy atom. The lowest BCUT2D eigenvalue weighted by Crippen LogP contribution is -2.06. The maximum atomic E-state index is 9.52. The van der Waals surface area contributed by atoms with Crippen molar-refractivity contribution in [2.45, 2.75) is 27.2 Å². The van der Waals surface area contributed by atoms with Crippen molar-refractivity contribution in [3.63, 3.8) is 0 Å². The maximum absolute atomic E-state index is 9.52. The monoisotopic (exact) mass is 305 g/mol. The molecule has 0 fully saturated rings. The fraction of sp³-hybridized carbons (Fsp3) is 0.375. The molecule has 0 atom stereocenters. The molecule has 0 aliphatic carbocycles. The fourth-order valence-electron chi connectivity index (χ4n) is 2.07. The number of benzene rings is 1. The minimum Gasteiger partial charge on any atom is -0.506 e. The first-order chi connectivity index (χ1) is 9.99. The van der Waals surface area contributed by atoms with Gasteiger partial charge in [-0.15, -0.1) is 0 Å². The minimum atomic E-state index is 0.0608. The van der Waals surface area contributed by atoms with Crippen molar-refractivity contribution >= 4 is 17.4 Å². The molecule has 2 rings (SSSR count). The first-order valence-corrected chi connectivity index (χ1v) is 7.48. The molecule has 0 spiro atoms. The number of phenolic OH excluding ortho intramolecular Hbond substituents is 1. The molecule has 0 unspecified atom stereocenters. The Kier molecular flexibility index (Phi) is 5.02.